The minimum atomic E-state index is -0.326. The Morgan fingerprint density at radius 2 is 2.33 bits per heavy atom. The second kappa shape index (κ2) is 5.73. The van der Waals surface area contributed by atoms with E-state index in [1.807, 2.05) is 35.0 Å². The Bertz CT molecular complexity index is 966. The summed E-state index contributed by atoms with van der Waals surface area (Å²) < 4.78 is 13.1. The number of rotatable bonds is 4. The molecule has 1 aromatic carbocycles. The Hall–Kier alpha value is -3.29. The highest BCUT2D eigenvalue weighted by Crippen LogP contribution is 2.37. The van der Waals surface area contributed by atoms with E-state index < -0.39 is 0 Å². The summed E-state index contributed by atoms with van der Waals surface area (Å²) in [6, 6.07) is 5.75. The number of benzene rings is 1. The topological polar surface area (TPSA) is 97.8 Å². The van der Waals surface area contributed by atoms with Gasteiger partial charge in [-0.2, -0.15) is 5.10 Å². The van der Waals surface area contributed by atoms with E-state index >= 15 is 0 Å². The molecule has 0 fully saturated rings. The van der Waals surface area contributed by atoms with Gasteiger partial charge in [0.05, 0.1) is 13.7 Å². The fourth-order valence-electron chi connectivity index (χ4n) is 2.74. The summed E-state index contributed by atoms with van der Waals surface area (Å²) in [6.45, 7) is 0.803. The van der Waals surface area contributed by atoms with Gasteiger partial charge in [-0.1, -0.05) is 12.1 Å². The Morgan fingerprint density at radius 3 is 3.12 bits per heavy atom. The maximum atomic E-state index is 11.2. The summed E-state index contributed by atoms with van der Waals surface area (Å²) in [5.41, 5.74) is 1.56. The zero-order valence-corrected chi connectivity index (χ0v) is 12.9. The molecule has 3 aromatic rings. The lowest BCUT2D eigenvalue weighted by Crippen LogP contribution is -2.13. The standard InChI is InChI=1S/C16H15N5O3/c1-23-12-4-2-3-10-7-11(9-24-14(10)12)15-17-5-6-21(15)8-13-18-16(22)20-19-13/h2-7H,8-9H2,1H3,(H2,18,19,20,22). The molecule has 8 nitrogen and oxygen atoms in total. The van der Waals surface area contributed by atoms with Crippen molar-refractivity contribution in [1.82, 2.24) is 24.7 Å². The number of methoxy groups -OCH3 is 1. The van der Waals surface area contributed by atoms with Crippen molar-refractivity contribution in [1.29, 1.82) is 0 Å². The normalized spacial score (nSPS) is 13.1. The number of hydrogen-bond acceptors (Lipinski definition) is 5. The van der Waals surface area contributed by atoms with E-state index in [4.69, 9.17) is 9.47 Å². The molecule has 4 rings (SSSR count). The summed E-state index contributed by atoms with van der Waals surface area (Å²) in [7, 11) is 1.62. The molecule has 8 heteroatoms. The molecule has 24 heavy (non-hydrogen) atoms. The molecule has 0 saturated carbocycles. The molecule has 1 aliphatic heterocycles. The molecular formula is C16H15N5O3. The van der Waals surface area contributed by atoms with E-state index in [-0.39, 0.29) is 5.69 Å². The number of H-pyrrole nitrogens is 2. The van der Waals surface area contributed by atoms with Gasteiger partial charge in [0.2, 0.25) is 0 Å². The van der Waals surface area contributed by atoms with Crippen LogP contribution in [0.25, 0.3) is 11.6 Å². The van der Waals surface area contributed by atoms with E-state index in [1.165, 1.54) is 0 Å². The van der Waals surface area contributed by atoms with Crippen LogP contribution in [0.4, 0.5) is 0 Å². The fourth-order valence-corrected chi connectivity index (χ4v) is 2.74. The van der Waals surface area contributed by atoms with Gasteiger partial charge in [0.1, 0.15) is 12.4 Å². The van der Waals surface area contributed by atoms with Crippen molar-refractivity contribution in [3.05, 3.63) is 58.3 Å². The van der Waals surface area contributed by atoms with E-state index in [0.717, 1.165) is 22.7 Å². The number of nitrogens with zero attached hydrogens (tertiary/aromatic N) is 3. The van der Waals surface area contributed by atoms with Crippen molar-refractivity contribution in [3.63, 3.8) is 0 Å². The lowest BCUT2D eigenvalue weighted by Gasteiger charge is -2.20. The molecule has 3 heterocycles. The monoisotopic (exact) mass is 325 g/mol. The Morgan fingerprint density at radius 1 is 1.42 bits per heavy atom. The van der Waals surface area contributed by atoms with Gasteiger partial charge in [-0.25, -0.2) is 14.9 Å². The van der Waals surface area contributed by atoms with Gasteiger partial charge in [0, 0.05) is 23.5 Å². The molecule has 0 unspecified atom stereocenters. The maximum absolute atomic E-state index is 11.2. The van der Waals surface area contributed by atoms with Gasteiger partial charge >= 0.3 is 5.69 Å². The lowest BCUT2D eigenvalue weighted by atomic mass is 10.1. The van der Waals surface area contributed by atoms with Gasteiger partial charge in [-0.15, -0.1) is 0 Å². The van der Waals surface area contributed by atoms with Crippen LogP contribution >= 0.6 is 0 Å². The van der Waals surface area contributed by atoms with E-state index in [2.05, 4.69) is 20.2 Å². The average molecular weight is 325 g/mol. The van der Waals surface area contributed by atoms with Crippen LogP contribution in [0.5, 0.6) is 11.5 Å². The van der Waals surface area contributed by atoms with Crippen LogP contribution in [-0.2, 0) is 6.54 Å². The molecular weight excluding hydrogens is 310 g/mol. The molecule has 0 aliphatic carbocycles. The molecule has 0 bridgehead atoms. The quantitative estimate of drug-likeness (QED) is 0.753. The zero-order valence-electron chi connectivity index (χ0n) is 12.9. The number of imidazole rings is 1. The van der Waals surface area contributed by atoms with Gasteiger partial charge < -0.3 is 14.0 Å². The maximum Gasteiger partial charge on any atom is 0.340 e. The number of fused-ring (bicyclic) bond motifs is 1. The van der Waals surface area contributed by atoms with E-state index in [0.29, 0.717) is 24.7 Å². The van der Waals surface area contributed by atoms with Gasteiger partial charge in [0.15, 0.2) is 17.3 Å². The Balaban J connectivity index is 1.69. The lowest BCUT2D eigenvalue weighted by molar-refractivity contribution is 0.327. The summed E-state index contributed by atoms with van der Waals surface area (Å²) in [5, 5.41) is 6.28. The average Bonchev–Trinajstić information content (AvgIpc) is 3.23. The highest BCUT2D eigenvalue weighted by molar-refractivity contribution is 5.84. The Labute approximate surface area is 136 Å². The van der Waals surface area contributed by atoms with E-state index in [9.17, 15) is 4.79 Å². The number of aromatic nitrogens is 5. The first-order valence-electron chi connectivity index (χ1n) is 7.40. The predicted molar refractivity (Wildman–Crippen MR) is 86.9 cm³/mol. The minimum absolute atomic E-state index is 0.326. The second-order valence-electron chi connectivity index (χ2n) is 5.34. The number of nitrogens with one attached hydrogen (secondary N) is 2. The van der Waals surface area contributed by atoms with Crippen LogP contribution in [-0.4, -0.2) is 38.4 Å². The van der Waals surface area contributed by atoms with Crippen LogP contribution in [0.1, 0.15) is 17.2 Å². The number of aromatic amines is 2. The minimum Gasteiger partial charge on any atom is -0.493 e. The van der Waals surface area contributed by atoms with Crippen LogP contribution in [0.2, 0.25) is 0 Å². The third-order valence-electron chi connectivity index (χ3n) is 3.80. The highest BCUT2D eigenvalue weighted by Gasteiger charge is 2.19. The molecule has 0 saturated heterocycles. The zero-order chi connectivity index (χ0) is 16.5. The SMILES string of the molecule is COc1cccc2c1OCC(c1nccn1Cc1n[nH]c(=O)[nH]1)=C2. The molecule has 0 radical (unpaired) electrons. The van der Waals surface area contributed by atoms with Gasteiger partial charge in [-0.3, -0.25) is 4.98 Å². The summed E-state index contributed by atoms with van der Waals surface area (Å²) >= 11 is 0. The molecule has 2 N–H and O–H groups in total. The first-order chi connectivity index (χ1) is 11.7. The fraction of sp³-hybridized carbons (Fsp3) is 0.188. The number of hydrogen-bond donors (Lipinski definition) is 2. The molecule has 0 spiro atoms. The van der Waals surface area contributed by atoms with Gasteiger partial charge in [-0.05, 0) is 12.1 Å². The summed E-state index contributed by atoms with van der Waals surface area (Å²) in [6.07, 6.45) is 5.58. The number of para-hydroxylation sites is 1. The third kappa shape index (κ3) is 2.47. The number of ether oxygens (including phenoxy) is 2. The van der Waals surface area contributed by atoms with Crippen molar-refractivity contribution in [2.75, 3.05) is 13.7 Å². The smallest absolute Gasteiger partial charge is 0.340 e. The molecule has 2 aromatic heterocycles. The summed E-state index contributed by atoms with van der Waals surface area (Å²) in [4.78, 5) is 18.2. The molecule has 0 amide bonds. The van der Waals surface area contributed by atoms with Crippen molar-refractivity contribution in [2.24, 2.45) is 0 Å². The Kier molecular flexibility index (Phi) is 3.42. The molecule has 122 valence electrons. The van der Waals surface area contributed by atoms with Crippen LogP contribution in [0.3, 0.4) is 0 Å². The molecule has 1 aliphatic rings. The van der Waals surface area contributed by atoms with Crippen molar-refractivity contribution in [3.8, 4) is 11.5 Å². The van der Waals surface area contributed by atoms with Gasteiger partial charge in [0.25, 0.3) is 0 Å². The summed E-state index contributed by atoms with van der Waals surface area (Å²) in [5.74, 6) is 2.75. The molecule has 0 atom stereocenters. The van der Waals surface area contributed by atoms with E-state index in [1.54, 1.807) is 13.3 Å². The third-order valence-corrected chi connectivity index (χ3v) is 3.80. The largest absolute Gasteiger partial charge is 0.493 e. The van der Waals surface area contributed by atoms with Crippen LogP contribution in [0, 0.1) is 0 Å². The first kappa shape index (κ1) is 14.3. The first-order valence-corrected chi connectivity index (χ1v) is 7.40. The second-order valence-corrected chi connectivity index (χ2v) is 5.34. The van der Waals surface area contributed by atoms with Crippen molar-refractivity contribution in [2.45, 2.75) is 6.54 Å². The van der Waals surface area contributed by atoms with Crippen LogP contribution < -0.4 is 15.2 Å². The van der Waals surface area contributed by atoms with Crippen molar-refractivity contribution < 1.29 is 9.47 Å². The predicted octanol–water partition coefficient (Wildman–Crippen LogP) is 1.28. The highest BCUT2D eigenvalue weighted by atomic mass is 16.5. The van der Waals surface area contributed by atoms with Crippen LogP contribution in [0.15, 0.2) is 35.4 Å². The van der Waals surface area contributed by atoms with Crippen molar-refractivity contribution >= 4 is 11.6 Å².